The van der Waals surface area contributed by atoms with Crippen molar-refractivity contribution in [2.24, 2.45) is 0 Å². The third-order valence-electron chi connectivity index (χ3n) is 2.07. The second-order valence-corrected chi connectivity index (χ2v) is 3.77. The Balaban J connectivity index is 3.80. The lowest BCUT2D eigenvalue weighted by atomic mass is 10.2. The molecule has 0 aliphatic rings. The maximum Gasteiger partial charge on any atom is 0.401 e. The number of hydrogen-bond acceptors (Lipinski definition) is 3. The van der Waals surface area contributed by atoms with Gasteiger partial charge in [0.2, 0.25) is 0 Å². The molecule has 0 rings (SSSR count). The van der Waals surface area contributed by atoms with Crippen molar-refractivity contribution in [2.45, 2.75) is 32.4 Å². The highest BCUT2D eigenvalue weighted by Crippen LogP contribution is 2.16. The molecule has 1 N–H and O–H groups in total. The standard InChI is InChI=1S/C10H18F3NO2/c1-9(16)4-2-3-5-14(6-7-15)8-10(11,12)13/h15H,2-8H2,1H3. The van der Waals surface area contributed by atoms with Gasteiger partial charge in [0.15, 0.2) is 0 Å². The summed E-state index contributed by atoms with van der Waals surface area (Å²) in [6.07, 6.45) is -2.71. The van der Waals surface area contributed by atoms with Crippen molar-refractivity contribution in [1.82, 2.24) is 4.90 Å². The fourth-order valence-corrected chi connectivity index (χ4v) is 1.37. The summed E-state index contributed by atoms with van der Waals surface area (Å²) in [5, 5.41) is 8.62. The maximum absolute atomic E-state index is 12.1. The summed E-state index contributed by atoms with van der Waals surface area (Å²) in [5.74, 6) is 0.0459. The Bertz CT molecular complexity index is 207. The Morgan fingerprint density at radius 1 is 1.25 bits per heavy atom. The number of ketones is 1. The number of carbonyl (C=O) groups is 1. The van der Waals surface area contributed by atoms with E-state index in [0.717, 1.165) is 4.90 Å². The summed E-state index contributed by atoms with van der Waals surface area (Å²) < 4.78 is 36.3. The minimum absolute atomic E-state index is 0.0135. The molecule has 0 aliphatic heterocycles. The van der Waals surface area contributed by atoms with Crippen LogP contribution in [-0.2, 0) is 4.79 Å². The highest BCUT2D eigenvalue weighted by Gasteiger charge is 2.30. The van der Waals surface area contributed by atoms with Crippen LogP contribution in [0.3, 0.4) is 0 Å². The third kappa shape index (κ3) is 9.92. The second kappa shape index (κ2) is 7.62. The highest BCUT2D eigenvalue weighted by atomic mass is 19.4. The van der Waals surface area contributed by atoms with Gasteiger partial charge in [-0.15, -0.1) is 0 Å². The monoisotopic (exact) mass is 241 g/mol. The summed E-state index contributed by atoms with van der Waals surface area (Å²) in [6.45, 7) is 0.435. The molecular formula is C10H18F3NO2. The highest BCUT2D eigenvalue weighted by molar-refractivity contribution is 5.75. The predicted molar refractivity (Wildman–Crippen MR) is 54.1 cm³/mol. The second-order valence-electron chi connectivity index (χ2n) is 3.77. The van der Waals surface area contributed by atoms with Gasteiger partial charge in [-0.25, -0.2) is 0 Å². The molecule has 0 heterocycles. The number of unbranched alkanes of at least 4 members (excludes halogenated alkanes) is 1. The van der Waals surface area contributed by atoms with Gasteiger partial charge in [-0.1, -0.05) is 0 Å². The van der Waals surface area contributed by atoms with Crippen LogP contribution in [0.2, 0.25) is 0 Å². The molecular weight excluding hydrogens is 223 g/mol. The normalized spacial score (nSPS) is 12.1. The maximum atomic E-state index is 12.1. The van der Waals surface area contributed by atoms with Crippen molar-refractivity contribution in [3.8, 4) is 0 Å². The Morgan fingerprint density at radius 2 is 1.88 bits per heavy atom. The molecule has 0 bridgehead atoms. The number of rotatable bonds is 8. The summed E-state index contributed by atoms with van der Waals surface area (Å²) in [7, 11) is 0. The number of carbonyl (C=O) groups excluding carboxylic acids is 1. The molecule has 96 valence electrons. The van der Waals surface area contributed by atoms with E-state index in [1.54, 1.807) is 0 Å². The van der Waals surface area contributed by atoms with E-state index in [0.29, 0.717) is 19.3 Å². The molecule has 16 heavy (non-hydrogen) atoms. The zero-order valence-corrected chi connectivity index (χ0v) is 9.39. The lowest BCUT2D eigenvalue weighted by Crippen LogP contribution is -2.36. The van der Waals surface area contributed by atoms with Crippen LogP contribution in [-0.4, -0.2) is 48.2 Å². The molecule has 0 atom stereocenters. The molecule has 0 aromatic rings. The van der Waals surface area contributed by atoms with Crippen LogP contribution in [0.15, 0.2) is 0 Å². The number of hydrogen-bond donors (Lipinski definition) is 1. The molecule has 0 unspecified atom stereocenters. The smallest absolute Gasteiger partial charge is 0.395 e. The molecule has 6 heteroatoms. The number of Topliss-reactive ketones (excluding diaryl/α,β-unsaturated/α-hetero) is 1. The first-order valence-electron chi connectivity index (χ1n) is 5.24. The van der Waals surface area contributed by atoms with Gasteiger partial charge in [0.05, 0.1) is 13.2 Å². The van der Waals surface area contributed by atoms with Crippen LogP contribution >= 0.6 is 0 Å². The van der Waals surface area contributed by atoms with Crippen LogP contribution in [0, 0.1) is 0 Å². The SMILES string of the molecule is CC(=O)CCCCN(CCO)CC(F)(F)F. The van der Waals surface area contributed by atoms with Crippen molar-refractivity contribution in [3.05, 3.63) is 0 Å². The van der Waals surface area contributed by atoms with Gasteiger partial charge in [-0.2, -0.15) is 13.2 Å². The molecule has 0 fully saturated rings. The van der Waals surface area contributed by atoms with Crippen LogP contribution in [0.25, 0.3) is 0 Å². The van der Waals surface area contributed by atoms with Gasteiger partial charge >= 0.3 is 6.18 Å². The molecule has 0 aromatic heterocycles. The Kier molecular flexibility index (Phi) is 7.33. The molecule has 0 aromatic carbocycles. The topological polar surface area (TPSA) is 40.5 Å². The number of aliphatic hydroxyl groups is 1. The van der Waals surface area contributed by atoms with E-state index in [1.807, 2.05) is 0 Å². The van der Waals surface area contributed by atoms with E-state index in [4.69, 9.17) is 5.11 Å². The number of aliphatic hydroxyl groups excluding tert-OH is 1. The van der Waals surface area contributed by atoms with Gasteiger partial charge in [-0.3, -0.25) is 4.90 Å². The summed E-state index contributed by atoms with van der Waals surface area (Å²) in [5.41, 5.74) is 0. The van der Waals surface area contributed by atoms with Crippen LogP contribution < -0.4 is 0 Å². The van der Waals surface area contributed by atoms with Crippen molar-refractivity contribution in [2.75, 3.05) is 26.2 Å². The van der Waals surface area contributed by atoms with E-state index in [-0.39, 0.29) is 25.5 Å². The van der Waals surface area contributed by atoms with Crippen LogP contribution in [0.4, 0.5) is 13.2 Å². The van der Waals surface area contributed by atoms with Gasteiger partial charge in [0.25, 0.3) is 0 Å². The van der Waals surface area contributed by atoms with Gasteiger partial charge in [0, 0.05) is 13.0 Å². The van der Waals surface area contributed by atoms with Crippen molar-refractivity contribution < 1.29 is 23.1 Å². The van der Waals surface area contributed by atoms with E-state index >= 15 is 0 Å². The average molecular weight is 241 g/mol. The van der Waals surface area contributed by atoms with E-state index in [9.17, 15) is 18.0 Å². The summed E-state index contributed by atoms with van der Waals surface area (Å²) >= 11 is 0. The van der Waals surface area contributed by atoms with Gasteiger partial charge in [-0.05, 0) is 26.3 Å². The minimum atomic E-state index is -4.24. The Hall–Kier alpha value is -0.620. The zero-order valence-electron chi connectivity index (χ0n) is 9.39. The molecule has 0 saturated carbocycles. The van der Waals surface area contributed by atoms with Gasteiger partial charge < -0.3 is 9.90 Å². The molecule has 0 amide bonds. The zero-order chi connectivity index (χ0) is 12.6. The van der Waals surface area contributed by atoms with Gasteiger partial charge in [0.1, 0.15) is 5.78 Å². The fraction of sp³-hybridized carbons (Fsp3) is 0.900. The molecule has 0 aliphatic carbocycles. The molecule has 0 saturated heterocycles. The fourth-order valence-electron chi connectivity index (χ4n) is 1.37. The summed E-state index contributed by atoms with van der Waals surface area (Å²) in [4.78, 5) is 11.8. The lowest BCUT2D eigenvalue weighted by Gasteiger charge is -2.22. The molecule has 3 nitrogen and oxygen atoms in total. The number of nitrogens with zero attached hydrogens (tertiary/aromatic N) is 1. The van der Waals surface area contributed by atoms with Crippen molar-refractivity contribution in [3.63, 3.8) is 0 Å². The molecule has 0 spiro atoms. The minimum Gasteiger partial charge on any atom is -0.395 e. The van der Waals surface area contributed by atoms with Crippen LogP contribution in [0.1, 0.15) is 26.2 Å². The predicted octanol–water partition coefficient (Wildman–Crippen LogP) is 1.60. The largest absolute Gasteiger partial charge is 0.401 e. The number of halogens is 3. The van der Waals surface area contributed by atoms with E-state index < -0.39 is 12.7 Å². The van der Waals surface area contributed by atoms with E-state index in [2.05, 4.69) is 0 Å². The Labute approximate surface area is 93.2 Å². The lowest BCUT2D eigenvalue weighted by molar-refractivity contribution is -0.147. The average Bonchev–Trinajstić information content (AvgIpc) is 2.09. The van der Waals surface area contributed by atoms with Crippen LogP contribution in [0.5, 0.6) is 0 Å². The van der Waals surface area contributed by atoms with Crippen molar-refractivity contribution in [1.29, 1.82) is 0 Å². The Morgan fingerprint density at radius 3 is 2.31 bits per heavy atom. The van der Waals surface area contributed by atoms with E-state index in [1.165, 1.54) is 6.92 Å². The summed E-state index contributed by atoms with van der Waals surface area (Å²) in [6, 6.07) is 0. The first-order chi connectivity index (χ1) is 7.35. The number of alkyl halides is 3. The first kappa shape index (κ1) is 15.4. The molecule has 0 radical (unpaired) electrons. The third-order valence-corrected chi connectivity index (χ3v) is 2.07. The van der Waals surface area contributed by atoms with Crippen molar-refractivity contribution >= 4 is 5.78 Å². The quantitative estimate of drug-likeness (QED) is 0.656. The first-order valence-corrected chi connectivity index (χ1v) is 5.24.